The predicted octanol–water partition coefficient (Wildman–Crippen LogP) is 0.721. The fraction of sp³-hybridized carbons (Fsp3) is 0.706. The van der Waals surface area contributed by atoms with Gasteiger partial charge in [0.2, 0.25) is 5.91 Å². The van der Waals surface area contributed by atoms with Crippen molar-refractivity contribution in [3.63, 3.8) is 0 Å². The lowest BCUT2D eigenvalue weighted by Gasteiger charge is -2.39. The van der Waals surface area contributed by atoms with Gasteiger partial charge in [-0.25, -0.2) is 4.79 Å². The maximum atomic E-state index is 12.5. The third kappa shape index (κ3) is 3.95. The summed E-state index contributed by atoms with van der Waals surface area (Å²) in [6.07, 6.45) is 1.77. The van der Waals surface area contributed by atoms with E-state index in [9.17, 15) is 14.4 Å². The molecule has 2 N–H and O–H groups in total. The molecule has 2 heterocycles. The molecule has 2 fully saturated rings. The topological polar surface area (TPSA) is 81.8 Å². The Morgan fingerprint density at radius 1 is 1.46 bits per heavy atom. The SMILES string of the molecule is C=C(C)CN(CC)C(=O)CN1CCCC(C2(C)NC(=O)NC2=O)C1. The maximum absolute atomic E-state index is 12.5. The fourth-order valence-corrected chi connectivity index (χ4v) is 3.51. The Hall–Kier alpha value is -1.89. The third-order valence-corrected chi connectivity index (χ3v) is 4.95. The highest BCUT2D eigenvalue weighted by atomic mass is 16.2. The van der Waals surface area contributed by atoms with Crippen molar-refractivity contribution >= 4 is 17.8 Å². The van der Waals surface area contributed by atoms with Crippen molar-refractivity contribution < 1.29 is 14.4 Å². The molecular weight excluding hydrogens is 308 g/mol. The number of rotatable bonds is 6. The van der Waals surface area contributed by atoms with Gasteiger partial charge in [-0.1, -0.05) is 12.2 Å². The van der Waals surface area contributed by atoms with Gasteiger partial charge in [0.25, 0.3) is 5.91 Å². The van der Waals surface area contributed by atoms with E-state index in [1.807, 2.05) is 13.8 Å². The summed E-state index contributed by atoms with van der Waals surface area (Å²) in [5, 5.41) is 5.07. The van der Waals surface area contributed by atoms with Crippen LogP contribution in [-0.2, 0) is 9.59 Å². The Labute approximate surface area is 143 Å². The first-order valence-electron chi connectivity index (χ1n) is 8.54. The van der Waals surface area contributed by atoms with Gasteiger partial charge in [-0.15, -0.1) is 0 Å². The van der Waals surface area contributed by atoms with E-state index in [-0.39, 0.29) is 17.7 Å². The number of nitrogens with one attached hydrogen (secondary N) is 2. The van der Waals surface area contributed by atoms with Crippen LogP contribution in [-0.4, -0.2) is 65.9 Å². The zero-order valence-corrected chi connectivity index (χ0v) is 14.9. The highest BCUT2D eigenvalue weighted by Crippen LogP contribution is 2.29. The van der Waals surface area contributed by atoms with Crippen molar-refractivity contribution in [2.24, 2.45) is 5.92 Å². The second kappa shape index (κ2) is 7.34. The van der Waals surface area contributed by atoms with Crippen molar-refractivity contribution in [1.29, 1.82) is 0 Å². The molecule has 2 aliphatic rings. The molecule has 24 heavy (non-hydrogen) atoms. The van der Waals surface area contributed by atoms with Crippen LogP contribution in [0.2, 0.25) is 0 Å². The van der Waals surface area contributed by atoms with Gasteiger partial charge in [-0.05, 0) is 40.2 Å². The second-order valence-corrected chi connectivity index (χ2v) is 7.05. The van der Waals surface area contributed by atoms with Crippen LogP contribution in [0, 0.1) is 5.92 Å². The monoisotopic (exact) mass is 336 g/mol. The number of urea groups is 1. The quantitative estimate of drug-likeness (QED) is 0.553. The summed E-state index contributed by atoms with van der Waals surface area (Å²) in [6, 6.07) is -0.436. The smallest absolute Gasteiger partial charge is 0.322 e. The Kier molecular flexibility index (Phi) is 5.64. The zero-order chi connectivity index (χ0) is 17.9. The number of hydrogen-bond donors (Lipinski definition) is 2. The average Bonchev–Trinajstić information content (AvgIpc) is 2.78. The van der Waals surface area contributed by atoms with Crippen LogP contribution in [0.3, 0.4) is 0 Å². The molecule has 0 aromatic heterocycles. The van der Waals surface area contributed by atoms with E-state index in [0.717, 1.165) is 25.0 Å². The Morgan fingerprint density at radius 3 is 2.71 bits per heavy atom. The molecule has 2 unspecified atom stereocenters. The second-order valence-electron chi connectivity index (χ2n) is 7.05. The van der Waals surface area contributed by atoms with Crippen LogP contribution >= 0.6 is 0 Å². The van der Waals surface area contributed by atoms with Crippen LogP contribution in [0.5, 0.6) is 0 Å². The van der Waals surface area contributed by atoms with Crippen LogP contribution in [0.1, 0.15) is 33.6 Å². The number of imide groups is 1. The van der Waals surface area contributed by atoms with Crippen molar-refractivity contribution in [2.45, 2.75) is 39.2 Å². The predicted molar refractivity (Wildman–Crippen MR) is 91.3 cm³/mol. The molecule has 4 amide bonds. The van der Waals surface area contributed by atoms with Crippen LogP contribution in [0.25, 0.3) is 0 Å². The van der Waals surface area contributed by atoms with E-state index in [1.165, 1.54) is 0 Å². The van der Waals surface area contributed by atoms with Gasteiger partial charge in [0.05, 0.1) is 6.54 Å². The maximum Gasteiger partial charge on any atom is 0.322 e. The first-order chi connectivity index (χ1) is 11.3. The first-order valence-corrected chi connectivity index (χ1v) is 8.54. The van der Waals surface area contributed by atoms with Crippen LogP contribution < -0.4 is 10.6 Å². The van der Waals surface area contributed by atoms with Crippen molar-refractivity contribution in [2.75, 3.05) is 32.7 Å². The van der Waals surface area contributed by atoms with Gasteiger partial charge in [-0.2, -0.15) is 0 Å². The molecule has 0 spiro atoms. The van der Waals surface area contributed by atoms with Gasteiger partial charge >= 0.3 is 6.03 Å². The van der Waals surface area contributed by atoms with E-state index in [1.54, 1.807) is 11.8 Å². The largest absolute Gasteiger partial charge is 0.338 e. The number of nitrogens with zero attached hydrogens (tertiary/aromatic N) is 2. The molecule has 0 aromatic carbocycles. The lowest BCUT2D eigenvalue weighted by molar-refractivity contribution is -0.132. The lowest BCUT2D eigenvalue weighted by Crippen LogP contribution is -2.56. The van der Waals surface area contributed by atoms with Gasteiger partial charge in [0, 0.05) is 25.6 Å². The van der Waals surface area contributed by atoms with E-state index < -0.39 is 11.6 Å². The third-order valence-electron chi connectivity index (χ3n) is 4.95. The summed E-state index contributed by atoms with van der Waals surface area (Å²) < 4.78 is 0. The van der Waals surface area contributed by atoms with E-state index in [0.29, 0.717) is 26.2 Å². The summed E-state index contributed by atoms with van der Waals surface area (Å²) in [7, 11) is 0. The minimum absolute atomic E-state index is 0.00159. The van der Waals surface area contributed by atoms with Gasteiger partial charge < -0.3 is 10.2 Å². The fourth-order valence-electron chi connectivity index (χ4n) is 3.51. The molecule has 0 saturated carbocycles. The van der Waals surface area contributed by atoms with Gasteiger partial charge in [0.15, 0.2) is 0 Å². The summed E-state index contributed by atoms with van der Waals surface area (Å²) in [4.78, 5) is 40.0. The van der Waals surface area contributed by atoms with E-state index >= 15 is 0 Å². The van der Waals surface area contributed by atoms with Crippen LogP contribution in [0.15, 0.2) is 12.2 Å². The number of amides is 4. The molecule has 134 valence electrons. The molecule has 0 aromatic rings. The van der Waals surface area contributed by atoms with Crippen molar-refractivity contribution in [1.82, 2.24) is 20.4 Å². The minimum Gasteiger partial charge on any atom is -0.338 e. The Bertz CT molecular complexity index is 548. The Morgan fingerprint density at radius 2 is 2.17 bits per heavy atom. The number of hydrogen-bond acceptors (Lipinski definition) is 4. The summed E-state index contributed by atoms with van der Waals surface area (Å²) in [6.45, 7) is 12.5. The molecule has 2 rings (SSSR count). The molecule has 2 aliphatic heterocycles. The lowest BCUT2D eigenvalue weighted by atomic mass is 9.80. The van der Waals surface area contributed by atoms with E-state index in [2.05, 4.69) is 22.1 Å². The number of likely N-dealkylation sites (tertiary alicyclic amines) is 1. The number of piperidine rings is 1. The Balaban J connectivity index is 1.98. The molecule has 0 bridgehead atoms. The average molecular weight is 336 g/mol. The normalized spacial score (nSPS) is 27.5. The summed E-state index contributed by atoms with van der Waals surface area (Å²) in [5.41, 5.74) is 0.0700. The summed E-state index contributed by atoms with van der Waals surface area (Å²) >= 11 is 0. The van der Waals surface area contributed by atoms with Gasteiger partial charge in [-0.3, -0.25) is 19.8 Å². The number of carbonyl (C=O) groups is 3. The first kappa shape index (κ1) is 18.4. The van der Waals surface area contributed by atoms with Crippen LogP contribution in [0.4, 0.5) is 4.79 Å². The highest BCUT2D eigenvalue weighted by Gasteiger charge is 2.49. The van der Waals surface area contributed by atoms with E-state index in [4.69, 9.17) is 0 Å². The molecule has 2 saturated heterocycles. The molecule has 7 nitrogen and oxygen atoms in total. The molecule has 0 aliphatic carbocycles. The van der Waals surface area contributed by atoms with Crippen molar-refractivity contribution in [3.8, 4) is 0 Å². The summed E-state index contributed by atoms with van der Waals surface area (Å²) in [5.74, 6) is -0.198. The molecule has 7 heteroatoms. The zero-order valence-electron chi connectivity index (χ0n) is 14.9. The number of carbonyl (C=O) groups excluding carboxylic acids is 3. The minimum atomic E-state index is -0.888. The number of likely N-dealkylation sites (N-methyl/N-ethyl adjacent to an activating group) is 1. The highest BCUT2D eigenvalue weighted by molar-refractivity contribution is 6.07. The van der Waals surface area contributed by atoms with Crippen molar-refractivity contribution in [3.05, 3.63) is 12.2 Å². The molecule has 0 radical (unpaired) electrons. The standard InChI is InChI=1S/C17H28N4O3/c1-5-21(9-12(2)3)14(22)11-20-8-6-7-13(10-20)17(4)15(23)18-16(24)19-17/h13H,2,5-11H2,1,3-4H3,(H2,18,19,23,24). The molecule has 2 atom stereocenters. The molecular formula is C17H28N4O3. The van der Waals surface area contributed by atoms with Gasteiger partial charge in [0.1, 0.15) is 5.54 Å².